The van der Waals surface area contributed by atoms with Crippen LogP contribution in [0.4, 0.5) is 0 Å². The van der Waals surface area contributed by atoms with Gasteiger partial charge >= 0.3 is 0 Å². The van der Waals surface area contributed by atoms with Gasteiger partial charge in [0.2, 0.25) is 11.8 Å². The molecular weight excluding hydrogens is 434 g/mol. The lowest BCUT2D eigenvalue weighted by atomic mass is 9.86. The molecule has 1 aromatic carbocycles. The average Bonchev–Trinajstić information content (AvgIpc) is 3.11. The van der Waals surface area contributed by atoms with Crippen molar-refractivity contribution in [2.45, 2.75) is 50.4 Å². The third-order valence-corrected chi connectivity index (χ3v) is 6.82. The van der Waals surface area contributed by atoms with Crippen LogP contribution < -0.4 is 10.6 Å². The number of nitrogens with zero attached hydrogens (tertiary/aromatic N) is 3. The maximum atomic E-state index is 12.3. The van der Waals surface area contributed by atoms with E-state index in [9.17, 15) is 9.59 Å². The van der Waals surface area contributed by atoms with E-state index in [1.54, 1.807) is 16.7 Å². The van der Waals surface area contributed by atoms with Crippen molar-refractivity contribution in [3.05, 3.63) is 46.8 Å². The lowest BCUT2D eigenvalue weighted by molar-refractivity contribution is -0.120. The van der Waals surface area contributed by atoms with Gasteiger partial charge in [-0.2, -0.15) is 0 Å². The molecule has 1 aromatic heterocycles. The van der Waals surface area contributed by atoms with Gasteiger partial charge in [0.25, 0.3) is 0 Å². The maximum Gasteiger partial charge on any atom is 0.244 e. The van der Waals surface area contributed by atoms with Crippen LogP contribution in [0.1, 0.15) is 44.0 Å². The van der Waals surface area contributed by atoms with E-state index in [-0.39, 0.29) is 24.4 Å². The van der Waals surface area contributed by atoms with Gasteiger partial charge in [-0.05, 0) is 36.5 Å². The summed E-state index contributed by atoms with van der Waals surface area (Å²) >= 11 is 7.43. The first-order chi connectivity index (χ1) is 14.9. The van der Waals surface area contributed by atoms with Crippen molar-refractivity contribution in [1.82, 2.24) is 25.4 Å². The van der Waals surface area contributed by atoms with E-state index >= 15 is 0 Å². The number of aromatic nitrogens is 3. The average molecular weight is 462 g/mol. The molecule has 0 radical (unpaired) electrons. The topological polar surface area (TPSA) is 88.9 Å². The lowest BCUT2D eigenvalue weighted by Crippen LogP contribution is -2.41. The lowest BCUT2D eigenvalue weighted by Gasteiger charge is -2.29. The minimum Gasteiger partial charge on any atom is -0.352 e. The van der Waals surface area contributed by atoms with E-state index in [2.05, 4.69) is 27.8 Å². The molecule has 1 heterocycles. The minimum atomic E-state index is -0.252. The van der Waals surface area contributed by atoms with Crippen LogP contribution in [0.3, 0.4) is 0 Å². The van der Waals surface area contributed by atoms with Crippen molar-refractivity contribution in [3.63, 3.8) is 0 Å². The Balaban J connectivity index is 1.45. The molecule has 1 aliphatic rings. The molecule has 1 fully saturated rings. The number of carbonyl (C=O) groups is 2. The molecule has 3 rings (SSSR count). The van der Waals surface area contributed by atoms with Crippen molar-refractivity contribution in [2.75, 3.05) is 5.75 Å². The second-order valence-electron chi connectivity index (χ2n) is 7.75. The number of benzene rings is 1. The standard InChI is InChI=1S/C22H28ClN5O2S/c1-15-7-3-6-10-18(15)25-21(30)14-31-22-27-26-19(28(22)2)13-24-20(29)12-11-16-8-4-5-9-17(16)23/h4-5,8-9,11-12,15,18H,3,6-7,10,13-14H2,1-2H3,(H,24,29)(H,25,30)/b12-11+/t15-,18+/m0/s1. The first kappa shape index (κ1) is 23.3. The predicted octanol–water partition coefficient (Wildman–Crippen LogP) is 3.59. The maximum absolute atomic E-state index is 12.3. The molecule has 7 nitrogen and oxygen atoms in total. The van der Waals surface area contributed by atoms with Crippen molar-refractivity contribution >= 4 is 41.3 Å². The molecule has 0 saturated heterocycles. The number of carbonyl (C=O) groups excluding carboxylic acids is 2. The van der Waals surface area contributed by atoms with Crippen LogP contribution in [0.5, 0.6) is 0 Å². The number of hydrogen-bond donors (Lipinski definition) is 2. The van der Waals surface area contributed by atoms with E-state index in [0.29, 0.717) is 27.7 Å². The molecule has 1 saturated carbocycles. The fourth-order valence-corrected chi connectivity index (χ4v) is 4.47. The molecule has 0 aliphatic heterocycles. The van der Waals surface area contributed by atoms with Crippen molar-refractivity contribution < 1.29 is 9.59 Å². The Kier molecular flexibility index (Phi) is 8.54. The summed E-state index contributed by atoms with van der Waals surface area (Å²) in [5, 5.41) is 15.4. The van der Waals surface area contributed by atoms with Gasteiger partial charge in [-0.15, -0.1) is 10.2 Å². The quantitative estimate of drug-likeness (QED) is 0.463. The molecule has 2 aromatic rings. The summed E-state index contributed by atoms with van der Waals surface area (Å²) in [6.07, 6.45) is 7.75. The van der Waals surface area contributed by atoms with E-state index < -0.39 is 0 Å². The van der Waals surface area contributed by atoms with E-state index in [1.807, 2.05) is 25.2 Å². The number of rotatable bonds is 8. The van der Waals surface area contributed by atoms with E-state index in [1.165, 1.54) is 37.1 Å². The number of hydrogen-bond acceptors (Lipinski definition) is 5. The van der Waals surface area contributed by atoms with Crippen LogP contribution in [0.2, 0.25) is 5.02 Å². The Labute approximate surface area is 192 Å². The molecule has 0 spiro atoms. The van der Waals surface area contributed by atoms with Gasteiger partial charge in [-0.1, -0.05) is 61.3 Å². The third kappa shape index (κ3) is 6.83. The van der Waals surface area contributed by atoms with Crippen molar-refractivity contribution in [1.29, 1.82) is 0 Å². The van der Waals surface area contributed by atoms with Gasteiger partial charge in [0.1, 0.15) is 0 Å². The molecular formula is C22H28ClN5O2S. The second kappa shape index (κ2) is 11.3. The van der Waals surface area contributed by atoms with Crippen LogP contribution in [-0.4, -0.2) is 38.4 Å². The number of thioether (sulfide) groups is 1. The van der Waals surface area contributed by atoms with Gasteiger partial charge in [0, 0.05) is 24.2 Å². The molecule has 0 unspecified atom stereocenters. The largest absolute Gasteiger partial charge is 0.352 e. The fraction of sp³-hybridized carbons (Fsp3) is 0.455. The smallest absolute Gasteiger partial charge is 0.244 e. The summed E-state index contributed by atoms with van der Waals surface area (Å²) in [5.74, 6) is 1.20. The van der Waals surface area contributed by atoms with Crippen LogP contribution in [-0.2, 0) is 23.2 Å². The van der Waals surface area contributed by atoms with Gasteiger partial charge in [0.15, 0.2) is 11.0 Å². The molecule has 2 N–H and O–H groups in total. The van der Waals surface area contributed by atoms with Crippen LogP contribution in [0, 0.1) is 5.92 Å². The number of halogens is 1. The Morgan fingerprint density at radius 2 is 2.03 bits per heavy atom. The Morgan fingerprint density at radius 1 is 1.26 bits per heavy atom. The summed E-state index contributed by atoms with van der Waals surface area (Å²) in [5.41, 5.74) is 0.776. The van der Waals surface area contributed by atoms with Crippen LogP contribution in [0.25, 0.3) is 6.08 Å². The van der Waals surface area contributed by atoms with Gasteiger partial charge in [-0.25, -0.2) is 0 Å². The Morgan fingerprint density at radius 3 is 2.81 bits per heavy atom. The summed E-state index contributed by atoms with van der Waals surface area (Å²) in [6.45, 7) is 2.44. The Bertz CT molecular complexity index is 946. The summed E-state index contributed by atoms with van der Waals surface area (Å²) in [7, 11) is 1.82. The van der Waals surface area contributed by atoms with Crippen molar-refractivity contribution in [3.8, 4) is 0 Å². The van der Waals surface area contributed by atoms with Gasteiger partial charge in [0.05, 0.1) is 12.3 Å². The number of nitrogens with one attached hydrogen (secondary N) is 2. The number of amides is 2. The zero-order valence-corrected chi connectivity index (χ0v) is 19.4. The Hall–Kier alpha value is -2.32. The van der Waals surface area contributed by atoms with E-state index in [0.717, 1.165) is 12.0 Å². The molecule has 31 heavy (non-hydrogen) atoms. The summed E-state index contributed by atoms with van der Waals surface area (Å²) in [4.78, 5) is 24.4. The summed E-state index contributed by atoms with van der Waals surface area (Å²) < 4.78 is 1.79. The van der Waals surface area contributed by atoms with Crippen molar-refractivity contribution in [2.24, 2.45) is 13.0 Å². The highest BCUT2D eigenvalue weighted by Crippen LogP contribution is 2.24. The highest BCUT2D eigenvalue weighted by molar-refractivity contribution is 7.99. The minimum absolute atomic E-state index is 0.0197. The highest BCUT2D eigenvalue weighted by atomic mass is 35.5. The second-order valence-corrected chi connectivity index (χ2v) is 9.10. The monoisotopic (exact) mass is 461 g/mol. The molecule has 9 heteroatoms. The molecule has 2 amide bonds. The summed E-state index contributed by atoms with van der Waals surface area (Å²) in [6, 6.07) is 7.57. The third-order valence-electron chi connectivity index (χ3n) is 5.46. The van der Waals surface area contributed by atoms with Crippen LogP contribution in [0.15, 0.2) is 35.5 Å². The van der Waals surface area contributed by atoms with Crippen LogP contribution >= 0.6 is 23.4 Å². The van der Waals surface area contributed by atoms with Gasteiger partial charge < -0.3 is 15.2 Å². The predicted molar refractivity (Wildman–Crippen MR) is 124 cm³/mol. The zero-order valence-electron chi connectivity index (χ0n) is 17.8. The molecule has 166 valence electrons. The van der Waals surface area contributed by atoms with Gasteiger partial charge in [-0.3, -0.25) is 9.59 Å². The molecule has 1 aliphatic carbocycles. The molecule has 2 atom stereocenters. The molecule has 0 bridgehead atoms. The first-order valence-electron chi connectivity index (χ1n) is 10.4. The zero-order chi connectivity index (χ0) is 22.2. The fourth-order valence-electron chi connectivity index (χ4n) is 3.53. The van der Waals surface area contributed by atoms with E-state index in [4.69, 9.17) is 11.6 Å². The normalized spacial score (nSPS) is 18.8. The highest BCUT2D eigenvalue weighted by Gasteiger charge is 2.23. The first-order valence-corrected chi connectivity index (χ1v) is 11.8. The SMILES string of the molecule is C[C@H]1CCCC[C@H]1NC(=O)CSc1nnc(CNC(=O)/C=C/c2ccccc2Cl)n1C.